The molecule has 3 rings (SSSR count). The minimum atomic E-state index is -3.77. The summed E-state index contributed by atoms with van der Waals surface area (Å²) < 4.78 is 28.2. The molecule has 0 unspecified atom stereocenters. The molecule has 0 bridgehead atoms. The number of benzene rings is 3. The van der Waals surface area contributed by atoms with Crippen molar-refractivity contribution >= 4 is 67.8 Å². The van der Waals surface area contributed by atoms with E-state index < -0.39 is 15.9 Å². The molecule has 0 heterocycles. The van der Waals surface area contributed by atoms with Gasteiger partial charge in [-0.3, -0.25) is 14.8 Å². The Kier molecular flexibility index (Phi) is 7.40. The molecule has 6 nitrogen and oxygen atoms in total. The Labute approximate surface area is 202 Å². The first-order chi connectivity index (χ1) is 15.1. The van der Waals surface area contributed by atoms with Crippen molar-refractivity contribution in [2.75, 3.05) is 10.0 Å². The highest BCUT2D eigenvalue weighted by molar-refractivity contribution is 7.92. The normalized spacial score (nSPS) is 11.0. The number of carbonyl (C=O) groups excluding carboxylic acids is 1. The molecule has 3 aromatic rings. The number of halogens is 2. The summed E-state index contributed by atoms with van der Waals surface area (Å²) in [5, 5.41) is 6.00. The molecule has 0 fully saturated rings. The molecule has 0 aliphatic carbocycles. The summed E-state index contributed by atoms with van der Waals surface area (Å²) in [4.78, 5) is 12.4. The van der Waals surface area contributed by atoms with Crippen molar-refractivity contribution in [3.05, 3.63) is 87.4 Å². The molecule has 0 saturated heterocycles. The Morgan fingerprint density at radius 2 is 1.56 bits per heavy atom. The topological polar surface area (TPSA) is 87.3 Å². The summed E-state index contributed by atoms with van der Waals surface area (Å²) in [6.07, 6.45) is 0. The smallest absolute Gasteiger partial charge is 0.261 e. The third kappa shape index (κ3) is 5.77. The van der Waals surface area contributed by atoms with Crippen molar-refractivity contribution in [3.8, 4) is 0 Å². The molecule has 0 atom stereocenters. The zero-order valence-corrected chi connectivity index (χ0v) is 20.2. The van der Waals surface area contributed by atoms with Crippen LogP contribution in [0.3, 0.4) is 0 Å². The first-order valence-electron chi connectivity index (χ1n) is 9.33. The number of carbonyl (C=O) groups is 1. The summed E-state index contributed by atoms with van der Waals surface area (Å²) in [5.41, 5.74) is 2.93. The van der Waals surface area contributed by atoms with E-state index in [1.807, 2.05) is 32.0 Å². The highest BCUT2D eigenvalue weighted by atomic mass is 35.5. The van der Waals surface area contributed by atoms with Crippen LogP contribution in [0.25, 0.3) is 0 Å². The molecule has 0 radical (unpaired) electrons. The van der Waals surface area contributed by atoms with Gasteiger partial charge in [-0.15, -0.1) is 0 Å². The van der Waals surface area contributed by atoms with Crippen molar-refractivity contribution in [1.82, 2.24) is 5.32 Å². The number of nitrogens with one attached hydrogen (secondary N) is 3. The minimum absolute atomic E-state index is 0.0327. The number of sulfonamides is 1. The molecule has 0 spiro atoms. The zero-order chi connectivity index (χ0) is 23.5. The molecule has 1 amide bonds. The molecule has 0 aliphatic heterocycles. The number of para-hydroxylation sites is 1. The van der Waals surface area contributed by atoms with Gasteiger partial charge in [-0.25, -0.2) is 8.42 Å². The number of anilines is 2. The summed E-state index contributed by atoms with van der Waals surface area (Å²) in [5.74, 6) is -0.499. The van der Waals surface area contributed by atoms with Crippen LogP contribution in [0, 0.1) is 13.8 Å². The fourth-order valence-corrected chi connectivity index (χ4v) is 4.80. The van der Waals surface area contributed by atoms with Crippen molar-refractivity contribution < 1.29 is 13.2 Å². The van der Waals surface area contributed by atoms with Gasteiger partial charge in [-0.05, 0) is 79.7 Å². The minimum Gasteiger partial charge on any atom is -0.332 e. The number of amides is 1. The van der Waals surface area contributed by atoms with E-state index in [1.54, 1.807) is 18.2 Å². The lowest BCUT2D eigenvalue weighted by molar-refractivity contribution is 0.0978. The van der Waals surface area contributed by atoms with E-state index in [0.29, 0.717) is 16.4 Å². The lowest BCUT2D eigenvalue weighted by Crippen LogP contribution is -2.34. The van der Waals surface area contributed by atoms with E-state index in [9.17, 15) is 13.2 Å². The van der Waals surface area contributed by atoms with Gasteiger partial charge in [0.15, 0.2) is 5.11 Å². The molecule has 0 aromatic heterocycles. The standard InChI is InChI=1S/C22H19Cl2N3O3S2/c1-13-4-3-5-14(2)20(13)27-32(29,30)17-9-7-16(8-10-17)25-22(31)26-21(28)18-11-6-15(23)12-19(18)24/h3-12,27H,1-2H3,(H2,25,26,28,31). The Hall–Kier alpha value is -2.65. The SMILES string of the molecule is Cc1cccc(C)c1NS(=O)(=O)c1ccc(NC(=S)NC(=O)c2ccc(Cl)cc2Cl)cc1. The van der Waals surface area contributed by atoms with Crippen LogP contribution in [-0.4, -0.2) is 19.4 Å². The first-order valence-corrected chi connectivity index (χ1v) is 12.0. The summed E-state index contributed by atoms with van der Waals surface area (Å²) in [7, 11) is -3.77. The summed E-state index contributed by atoms with van der Waals surface area (Å²) in [6.45, 7) is 3.68. The summed E-state index contributed by atoms with van der Waals surface area (Å²) >= 11 is 17.0. The number of aryl methyl sites for hydroxylation is 2. The molecule has 10 heteroatoms. The Morgan fingerprint density at radius 1 is 0.938 bits per heavy atom. The van der Waals surface area contributed by atoms with Crippen molar-refractivity contribution in [2.24, 2.45) is 0 Å². The van der Waals surface area contributed by atoms with E-state index >= 15 is 0 Å². The van der Waals surface area contributed by atoms with E-state index in [4.69, 9.17) is 35.4 Å². The molecular weight excluding hydrogens is 489 g/mol. The largest absolute Gasteiger partial charge is 0.332 e. The number of hydrogen-bond donors (Lipinski definition) is 3. The van der Waals surface area contributed by atoms with Gasteiger partial charge in [-0.2, -0.15) is 0 Å². The maximum Gasteiger partial charge on any atom is 0.261 e. The van der Waals surface area contributed by atoms with Crippen LogP contribution >= 0.6 is 35.4 Å². The average Bonchev–Trinajstić information content (AvgIpc) is 2.71. The molecule has 32 heavy (non-hydrogen) atoms. The van der Waals surface area contributed by atoms with Gasteiger partial charge in [0.2, 0.25) is 0 Å². The molecule has 0 saturated carbocycles. The quantitative estimate of drug-likeness (QED) is 0.394. The van der Waals surface area contributed by atoms with Crippen LogP contribution in [0.2, 0.25) is 10.0 Å². The first kappa shape index (κ1) is 24.0. The van der Waals surface area contributed by atoms with Crippen LogP contribution < -0.4 is 15.4 Å². The lowest BCUT2D eigenvalue weighted by Gasteiger charge is -2.14. The second-order valence-electron chi connectivity index (χ2n) is 6.93. The predicted octanol–water partition coefficient (Wildman–Crippen LogP) is 5.54. The van der Waals surface area contributed by atoms with Crippen LogP contribution in [0.4, 0.5) is 11.4 Å². The monoisotopic (exact) mass is 507 g/mol. The Balaban J connectivity index is 1.67. The van der Waals surface area contributed by atoms with Gasteiger partial charge in [0, 0.05) is 10.7 Å². The van der Waals surface area contributed by atoms with Gasteiger partial charge in [-0.1, -0.05) is 41.4 Å². The van der Waals surface area contributed by atoms with E-state index in [1.165, 1.54) is 24.3 Å². The molecular formula is C22H19Cl2N3O3S2. The van der Waals surface area contributed by atoms with Crippen LogP contribution in [0.15, 0.2) is 65.6 Å². The number of hydrogen-bond acceptors (Lipinski definition) is 4. The van der Waals surface area contributed by atoms with E-state index in [0.717, 1.165) is 11.1 Å². The second-order valence-corrected chi connectivity index (χ2v) is 9.86. The molecule has 166 valence electrons. The average molecular weight is 508 g/mol. The van der Waals surface area contributed by atoms with Gasteiger partial charge >= 0.3 is 0 Å². The molecule has 3 aromatic carbocycles. The van der Waals surface area contributed by atoms with Crippen molar-refractivity contribution in [2.45, 2.75) is 18.7 Å². The van der Waals surface area contributed by atoms with Crippen molar-refractivity contribution in [3.63, 3.8) is 0 Å². The van der Waals surface area contributed by atoms with Gasteiger partial charge in [0.05, 0.1) is 21.2 Å². The van der Waals surface area contributed by atoms with Crippen LogP contribution in [-0.2, 0) is 10.0 Å². The maximum absolute atomic E-state index is 12.8. The molecule has 0 aliphatic rings. The highest BCUT2D eigenvalue weighted by Gasteiger charge is 2.17. The van der Waals surface area contributed by atoms with Gasteiger partial charge in [0.1, 0.15) is 0 Å². The summed E-state index contributed by atoms with van der Waals surface area (Å²) in [6, 6.07) is 16.0. The molecule has 3 N–H and O–H groups in total. The van der Waals surface area contributed by atoms with Crippen molar-refractivity contribution in [1.29, 1.82) is 0 Å². The number of rotatable bonds is 5. The highest BCUT2D eigenvalue weighted by Crippen LogP contribution is 2.24. The predicted molar refractivity (Wildman–Crippen MR) is 133 cm³/mol. The third-order valence-electron chi connectivity index (χ3n) is 4.54. The Morgan fingerprint density at radius 3 is 2.16 bits per heavy atom. The number of thiocarbonyl (C=S) groups is 1. The lowest BCUT2D eigenvalue weighted by atomic mass is 10.1. The third-order valence-corrected chi connectivity index (χ3v) is 6.66. The van der Waals surface area contributed by atoms with Gasteiger partial charge < -0.3 is 5.32 Å². The van der Waals surface area contributed by atoms with Crippen LogP contribution in [0.5, 0.6) is 0 Å². The Bertz CT molecular complexity index is 1270. The van der Waals surface area contributed by atoms with Crippen LogP contribution in [0.1, 0.15) is 21.5 Å². The second kappa shape index (κ2) is 9.87. The van der Waals surface area contributed by atoms with E-state index in [2.05, 4.69) is 15.4 Å². The van der Waals surface area contributed by atoms with Gasteiger partial charge in [0.25, 0.3) is 15.9 Å². The maximum atomic E-state index is 12.8. The van der Waals surface area contributed by atoms with E-state index in [-0.39, 0.29) is 20.6 Å². The fraction of sp³-hybridized carbons (Fsp3) is 0.0909. The zero-order valence-electron chi connectivity index (χ0n) is 17.1. The fourth-order valence-electron chi connectivity index (χ4n) is 2.89.